The number of thiophene rings is 1. The van der Waals surface area contributed by atoms with Gasteiger partial charge in [-0.2, -0.15) is 0 Å². The fourth-order valence-corrected chi connectivity index (χ4v) is 4.93. The van der Waals surface area contributed by atoms with Crippen LogP contribution in [-0.2, 0) is 6.42 Å². The molecule has 0 spiro atoms. The molecule has 1 amide bonds. The minimum absolute atomic E-state index is 0.128. The van der Waals surface area contributed by atoms with Crippen molar-refractivity contribution in [2.24, 2.45) is 0 Å². The third-order valence-corrected chi connectivity index (χ3v) is 6.18. The highest BCUT2D eigenvalue weighted by molar-refractivity contribution is 7.17. The summed E-state index contributed by atoms with van der Waals surface area (Å²) in [5.74, 6) is 0.615. The van der Waals surface area contributed by atoms with Gasteiger partial charge in [0.1, 0.15) is 10.6 Å². The second kappa shape index (κ2) is 6.22. The molecule has 1 aromatic carbocycles. The van der Waals surface area contributed by atoms with E-state index in [0.717, 1.165) is 18.4 Å². The number of benzene rings is 1. The topological polar surface area (TPSA) is 90.1 Å². The summed E-state index contributed by atoms with van der Waals surface area (Å²) in [7, 11) is 0. The number of ether oxygens (including phenoxy) is 1. The first-order valence-corrected chi connectivity index (χ1v) is 10.2. The van der Waals surface area contributed by atoms with E-state index in [1.54, 1.807) is 11.4 Å². The van der Waals surface area contributed by atoms with Crippen LogP contribution >= 0.6 is 34.5 Å². The van der Waals surface area contributed by atoms with Gasteiger partial charge in [-0.05, 0) is 18.9 Å². The molecule has 1 aliphatic carbocycles. The van der Waals surface area contributed by atoms with E-state index in [-0.39, 0.29) is 17.9 Å². The zero-order valence-corrected chi connectivity index (χ0v) is 16.3. The maximum absolute atomic E-state index is 12.7. The molecular formula is C18H14Cl2N4O2S. The number of nitrogens with zero attached hydrogens (tertiary/aromatic N) is 2. The number of rotatable bonds is 3. The average Bonchev–Trinajstić information content (AvgIpc) is 3.13. The lowest BCUT2D eigenvalue weighted by Crippen LogP contribution is -2.25. The van der Waals surface area contributed by atoms with Crippen LogP contribution in [0.25, 0.3) is 21.5 Å². The van der Waals surface area contributed by atoms with Crippen molar-refractivity contribution in [1.82, 2.24) is 15.3 Å². The molecule has 1 fully saturated rings. The minimum atomic E-state index is -0.128. The first-order valence-electron chi connectivity index (χ1n) is 8.52. The van der Waals surface area contributed by atoms with Crippen molar-refractivity contribution < 1.29 is 9.53 Å². The van der Waals surface area contributed by atoms with Crippen LogP contribution < -0.4 is 15.8 Å². The first-order chi connectivity index (χ1) is 13.0. The second-order valence-electron chi connectivity index (χ2n) is 6.63. The number of nitrogens with one attached hydrogen (secondary N) is 1. The van der Waals surface area contributed by atoms with E-state index in [0.29, 0.717) is 55.9 Å². The van der Waals surface area contributed by atoms with Crippen molar-refractivity contribution >= 4 is 56.6 Å². The standard InChI is InChI=1S/C18H14Cl2N4O2S/c19-10-5-11(20)15-8(3-4-26-15)12(10)14-13-9(16(25)22-7-1-2-7)6-27-17(13)24-18(21)23-14/h5-7H,1-4H2,(H,22,25)(H2,21,23,24). The van der Waals surface area contributed by atoms with Gasteiger partial charge in [0.25, 0.3) is 5.91 Å². The summed E-state index contributed by atoms with van der Waals surface area (Å²) in [6.07, 6.45) is 2.68. The summed E-state index contributed by atoms with van der Waals surface area (Å²) in [6.45, 7) is 0.519. The lowest BCUT2D eigenvalue weighted by Gasteiger charge is -2.13. The number of anilines is 1. The van der Waals surface area contributed by atoms with Crippen molar-refractivity contribution in [3.63, 3.8) is 0 Å². The molecule has 3 aromatic rings. The number of amides is 1. The van der Waals surface area contributed by atoms with E-state index in [4.69, 9.17) is 33.7 Å². The molecule has 1 saturated carbocycles. The average molecular weight is 421 g/mol. The first kappa shape index (κ1) is 17.0. The van der Waals surface area contributed by atoms with Crippen molar-refractivity contribution in [3.05, 3.63) is 32.6 Å². The summed E-state index contributed by atoms with van der Waals surface area (Å²) in [4.78, 5) is 22.2. The summed E-state index contributed by atoms with van der Waals surface area (Å²) in [5.41, 5.74) is 8.61. The Morgan fingerprint density at radius 1 is 1.30 bits per heavy atom. The number of carbonyl (C=O) groups is 1. The van der Waals surface area contributed by atoms with Crippen molar-refractivity contribution in [2.75, 3.05) is 12.3 Å². The van der Waals surface area contributed by atoms with Crippen LogP contribution in [0, 0.1) is 0 Å². The Bertz CT molecular complexity index is 1110. The fraction of sp³-hybridized carbons (Fsp3) is 0.278. The predicted molar refractivity (Wildman–Crippen MR) is 107 cm³/mol. The van der Waals surface area contributed by atoms with Gasteiger partial charge in [-0.15, -0.1) is 11.3 Å². The molecule has 27 heavy (non-hydrogen) atoms. The third-order valence-electron chi connectivity index (χ3n) is 4.73. The molecule has 3 heterocycles. The molecule has 0 bridgehead atoms. The third kappa shape index (κ3) is 2.81. The lowest BCUT2D eigenvalue weighted by molar-refractivity contribution is 0.0953. The summed E-state index contributed by atoms with van der Waals surface area (Å²) in [5, 5.41) is 6.38. The van der Waals surface area contributed by atoms with Gasteiger partial charge in [0.05, 0.1) is 33.3 Å². The highest BCUT2D eigenvalue weighted by Gasteiger charge is 2.29. The van der Waals surface area contributed by atoms with E-state index in [1.165, 1.54) is 11.3 Å². The molecule has 9 heteroatoms. The Morgan fingerprint density at radius 3 is 2.89 bits per heavy atom. The second-order valence-corrected chi connectivity index (χ2v) is 8.30. The lowest BCUT2D eigenvalue weighted by atomic mass is 9.98. The normalized spacial score (nSPS) is 15.6. The zero-order chi connectivity index (χ0) is 18.7. The van der Waals surface area contributed by atoms with E-state index in [1.807, 2.05) is 0 Å². The molecule has 1 aliphatic heterocycles. The minimum Gasteiger partial charge on any atom is -0.491 e. The molecule has 0 radical (unpaired) electrons. The van der Waals surface area contributed by atoms with Crippen molar-refractivity contribution in [3.8, 4) is 17.0 Å². The quantitative estimate of drug-likeness (QED) is 0.665. The van der Waals surface area contributed by atoms with Gasteiger partial charge in [-0.25, -0.2) is 9.97 Å². The van der Waals surface area contributed by atoms with Crippen LogP contribution in [0.5, 0.6) is 5.75 Å². The van der Waals surface area contributed by atoms with E-state index >= 15 is 0 Å². The van der Waals surface area contributed by atoms with Gasteiger partial charge in [0.2, 0.25) is 5.95 Å². The Balaban J connectivity index is 1.78. The molecule has 2 aliphatic rings. The zero-order valence-electron chi connectivity index (χ0n) is 14.0. The van der Waals surface area contributed by atoms with Gasteiger partial charge >= 0.3 is 0 Å². The number of halogens is 2. The number of nitrogen functional groups attached to an aromatic ring is 1. The molecular weight excluding hydrogens is 407 g/mol. The highest BCUT2D eigenvalue weighted by Crippen LogP contribution is 2.46. The van der Waals surface area contributed by atoms with Crippen LogP contribution in [-0.4, -0.2) is 28.5 Å². The number of aromatic nitrogens is 2. The van der Waals surface area contributed by atoms with Crippen molar-refractivity contribution in [2.45, 2.75) is 25.3 Å². The largest absolute Gasteiger partial charge is 0.491 e. The SMILES string of the molecule is Nc1nc(-c2c(Cl)cc(Cl)c3c2CCO3)c2c(C(=O)NC3CC3)csc2n1. The predicted octanol–water partition coefficient (Wildman–Crippen LogP) is 4.07. The van der Waals surface area contributed by atoms with Crippen LogP contribution in [0.3, 0.4) is 0 Å². The maximum Gasteiger partial charge on any atom is 0.253 e. The van der Waals surface area contributed by atoms with Crippen LogP contribution in [0.4, 0.5) is 5.95 Å². The monoisotopic (exact) mass is 420 g/mol. The summed E-state index contributed by atoms with van der Waals surface area (Å²) >= 11 is 14.2. The maximum atomic E-state index is 12.7. The Morgan fingerprint density at radius 2 is 2.11 bits per heavy atom. The molecule has 0 atom stereocenters. The van der Waals surface area contributed by atoms with Gasteiger partial charge in [-0.1, -0.05) is 23.2 Å². The van der Waals surface area contributed by atoms with Gasteiger partial charge < -0.3 is 15.8 Å². The van der Waals surface area contributed by atoms with Crippen LogP contribution in [0.2, 0.25) is 10.0 Å². The van der Waals surface area contributed by atoms with E-state index in [2.05, 4.69) is 15.3 Å². The van der Waals surface area contributed by atoms with Crippen molar-refractivity contribution in [1.29, 1.82) is 0 Å². The molecule has 3 N–H and O–H groups in total. The molecule has 0 saturated heterocycles. The molecule has 138 valence electrons. The van der Waals surface area contributed by atoms with E-state index in [9.17, 15) is 4.79 Å². The van der Waals surface area contributed by atoms with Gasteiger partial charge in [0.15, 0.2) is 0 Å². The molecule has 2 aromatic heterocycles. The Hall–Kier alpha value is -2.09. The number of fused-ring (bicyclic) bond motifs is 2. The molecule has 0 unspecified atom stereocenters. The van der Waals surface area contributed by atoms with Crippen LogP contribution in [0.1, 0.15) is 28.8 Å². The summed E-state index contributed by atoms with van der Waals surface area (Å²) in [6, 6.07) is 1.89. The number of nitrogens with two attached hydrogens (primary N) is 1. The van der Waals surface area contributed by atoms with Crippen LogP contribution in [0.15, 0.2) is 11.4 Å². The smallest absolute Gasteiger partial charge is 0.253 e. The van der Waals surface area contributed by atoms with Gasteiger partial charge in [0, 0.05) is 29.0 Å². The van der Waals surface area contributed by atoms with Gasteiger partial charge in [-0.3, -0.25) is 4.79 Å². The molecule has 5 rings (SSSR count). The Kier molecular flexibility index (Phi) is 3.93. The fourth-order valence-electron chi connectivity index (χ4n) is 3.35. The van der Waals surface area contributed by atoms with E-state index < -0.39 is 0 Å². The number of hydrogen-bond acceptors (Lipinski definition) is 6. The highest BCUT2D eigenvalue weighted by atomic mass is 35.5. The molecule has 6 nitrogen and oxygen atoms in total. The number of hydrogen-bond donors (Lipinski definition) is 2. The summed E-state index contributed by atoms with van der Waals surface area (Å²) < 4.78 is 5.67. The Labute approximate surface area is 168 Å². The number of carbonyl (C=O) groups excluding carboxylic acids is 1.